The van der Waals surface area contributed by atoms with Crippen molar-refractivity contribution in [3.8, 4) is 0 Å². The summed E-state index contributed by atoms with van der Waals surface area (Å²) in [5.74, 6) is 0. The second-order valence-corrected chi connectivity index (χ2v) is 4.78. The number of aryl methyl sites for hydroxylation is 1. The average molecular weight is 223 g/mol. The van der Waals surface area contributed by atoms with Crippen molar-refractivity contribution in [1.82, 2.24) is 15.1 Å². The number of hydrogen-bond acceptors (Lipinski definition) is 3. The second-order valence-electron chi connectivity index (χ2n) is 4.78. The lowest BCUT2D eigenvalue weighted by Gasteiger charge is -2.13. The topological polar surface area (TPSA) is 50.1 Å². The Morgan fingerprint density at radius 2 is 2.38 bits per heavy atom. The van der Waals surface area contributed by atoms with Gasteiger partial charge in [0.25, 0.3) is 0 Å². The van der Waals surface area contributed by atoms with Crippen molar-refractivity contribution >= 4 is 0 Å². The summed E-state index contributed by atoms with van der Waals surface area (Å²) in [6.07, 6.45) is 7.46. The van der Waals surface area contributed by atoms with Gasteiger partial charge < -0.3 is 10.4 Å². The van der Waals surface area contributed by atoms with Crippen molar-refractivity contribution in [2.24, 2.45) is 5.41 Å². The molecule has 1 aromatic heterocycles. The van der Waals surface area contributed by atoms with Gasteiger partial charge in [-0.15, -0.1) is 0 Å². The smallest absolute Gasteiger partial charge is 0.0534 e. The van der Waals surface area contributed by atoms with Gasteiger partial charge in [-0.1, -0.05) is 0 Å². The van der Waals surface area contributed by atoms with Crippen LogP contribution in [0.2, 0.25) is 0 Å². The summed E-state index contributed by atoms with van der Waals surface area (Å²) in [7, 11) is 0. The summed E-state index contributed by atoms with van der Waals surface area (Å²) in [5.41, 5.74) is 1.64. The molecule has 0 unspecified atom stereocenters. The van der Waals surface area contributed by atoms with Crippen LogP contribution in [0, 0.1) is 5.41 Å². The van der Waals surface area contributed by atoms with E-state index in [4.69, 9.17) is 5.11 Å². The molecule has 1 fully saturated rings. The Bertz CT molecular complexity index is 331. The summed E-state index contributed by atoms with van der Waals surface area (Å²) < 4.78 is 1.94. The van der Waals surface area contributed by atoms with Gasteiger partial charge in [-0.05, 0) is 31.6 Å². The molecule has 0 saturated heterocycles. The molecule has 16 heavy (non-hydrogen) atoms. The predicted octanol–water partition coefficient (Wildman–Crippen LogP) is 1.16. The van der Waals surface area contributed by atoms with Crippen molar-refractivity contribution in [1.29, 1.82) is 0 Å². The molecule has 0 amide bonds. The molecule has 0 bridgehead atoms. The molecule has 4 nitrogen and oxygen atoms in total. The van der Waals surface area contributed by atoms with Crippen LogP contribution in [0.1, 0.15) is 31.7 Å². The van der Waals surface area contributed by atoms with E-state index in [1.165, 1.54) is 18.4 Å². The molecule has 0 aliphatic heterocycles. The molecule has 1 aliphatic rings. The van der Waals surface area contributed by atoms with Crippen molar-refractivity contribution in [3.05, 3.63) is 18.0 Å². The van der Waals surface area contributed by atoms with E-state index in [2.05, 4.69) is 23.5 Å². The molecule has 2 N–H and O–H groups in total. The lowest BCUT2D eigenvalue weighted by atomic mass is 10.0. The monoisotopic (exact) mass is 223 g/mol. The number of aromatic nitrogens is 2. The molecule has 1 aliphatic carbocycles. The van der Waals surface area contributed by atoms with Crippen molar-refractivity contribution in [2.45, 2.75) is 39.3 Å². The van der Waals surface area contributed by atoms with E-state index in [1.807, 2.05) is 10.9 Å². The van der Waals surface area contributed by atoms with Gasteiger partial charge in [0.15, 0.2) is 0 Å². The summed E-state index contributed by atoms with van der Waals surface area (Å²) in [4.78, 5) is 0. The van der Waals surface area contributed by atoms with Crippen molar-refractivity contribution < 1.29 is 5.11 Å². The number of nitrogens with one attached hydrogen (secondary N) is 1. The standard InChI is InChI=1S/C12H21N3O/c1-2-15-9-11(8-14-15)7-13-10-12(3-4-12)5-6-16/h8-9,13,16H,2-7,10H2,1H3. The molecule has 1 heterocycles. The molecule has 90 valence electrons. The molecule has 4 heteroatoms. The van der Waals surface area contributed by atoms with E-state index in [-0.39, 0.29) is 0 Å². The zero-order valence-electron chi connectivity index (χ0n) is 9.95. The van der Waals surface area contributed by atoms with Gasteiger partial charge >= 0.3 is 0 Å². The predicted molar refractivity (Wildman–Crippen MR) is 63.0 cm³/mol. The number of aliphatic hydroxyl groups excluding tert-OH is 1. The van der Waals surface area contributed by atoms with E-state index in [0.717, 1.165) is 26.1 Å². The molecular weight excluding hydrogens is 202 g/mol. The van der Waals surface area contributed by atoms with Gasteiger partial charge in [-0.25, -0.2) is 0 Å². The van der Waals surface area contributed by atoms with Crippen LogP contribution < -0.4 is 5.32 Å². The second kappa shape index (κ2) is 4.97. The number of hydrogen-bond donors (Lipinski definition) is 2. The summed E-state index contributed by atoms with van der Waals surface area (Å²) in [6, 6.07) is 0. The SMILES string of the molecule is CCn1cc(CNCC2(CCO)CC2)cn1. The Balaban J connectivity index is 1.71. The molecule has 1 saturated carbocycles. The van der Waals surface area contributed by atoms with Gasteiger partial charge in [0.05, 0.1) is 6.20 Å². The van der Waals surface area contributed by atoms with Crippen molar-refractivity contribution in [2.75, 3.05) is 13.2 Å². The fraction of sp³-hybridized carbons (Fsp3) is 0.750. The highest BCUT2D eigenvalue weighted by Crippen LogP contribution is 2.47. The molecule has 0 radical (unpaired) electrons. The largest absolute Gasteiger partial charge is 0.396 e. The maximum atomic E-state index is 8.95. The fourth-order valence-corrected chi connectivity index (χ4v) is 2.07. The third kappa shape index (κ3) is 2.83. The Morgan fingerprint density at radius 1 is 1.56 bits per heavy atom. The fourth-order valence-electron chi connectivity index (χ4n) is 2.07. The first-order chi connectivity index (χ1) is 7.78. The van der Waals surface area contributed by atoms with Crippen LogP contribution in [0.15, 0.2) is 12.4 Å². The van der Waals surface area contributed by atoms with Crippen molar-refractivity contribution in [3.63, 3.8) is 0 Å². The van der Waals surface area contributed by atoms with Crippen LogP contribution in [0.5, 0.6) is 0 Å². The maximum Gasteiger partial charge on any atom is 0.0534 e. The first kappa shape index (κ1) is 11.6. The zero-order chi connectivity index (χ0) is 11.4. The lowest BCUT2D eigenvalue weighted by molar-refractivity contribution is 0.245. The highest BCUT2D eigenvalue weighted by Gasteiger charge is 2.41. The van der Waals surface area contributed by atoms with Gasteiger partial charge in [-0.3, -0.25) is 4.68 Å². The van der Waals surface area contributed by atoms with Crippen LogP contribution in [0.3, 0.4) is 0 Å². The van der Waals surface area contributed by atoms with Gasteiger partial charge in [0.2, 0.25) is 0 Å². The lowest BCUT2D eigenvalue weighted by Crippen LogP contribution is -2.24. The summed E-state index contributed by atoms with van der Waals surface area (Å²) >= 11 is 0. The van der Waals surface area contributed by atoms with E-state index in [1.54, 1.807) is 0 Å². The third-order valence-electron chi connectivity index (χ3n) is 3.44. The Labute approximate surface area is 96.7 Å². The van der Waals surface area contributed by atoms with Crippen LogP contribution in [-0.2, 0) is 13.1 Å². The Hall–Kier alpha value is -0.870. The van der Waals surface area contributed by atoms with Crippen LogP contribution >= 0.6 is 0 Å². The summed E-state index contributed by atoms with van der Waals surface area (Å²) in [5, 5.41) is 16.7. The average Bonchev–Trinajstić information content (AvgIpc) is 2.89. The molecule has 2 rings (SSSR count). The minimum atomic E-state index is 0.315. The van der Waals surface area contributed by atoms with E-state index in [9.17, 15) is 0 Å². The van der Waals surface area contributed by atoms with Gasteiger partial charge in [-0.2, -0.15) is 5.10 Å². The quantitative estimate of drug-likeness (QED) is 0.729. The summed E-state index contributed by atoms with van der Waals surface area (Å²) in [6.45, 7) is 5.23. The molecular formula is C12H21N3O. The zero-order valence-corrected chi connectivity index (χ0v) is 9.95. The van der Waals surface area contributed by atoms with Crippen LogP contribution in [-0.4, -0.2) is 28.0 Å². The third-order valence-corrected chi connectivity index (χ3v) is 3.44. The minimum absolute atomic E-state index is 0.315. The van der Waals surface area contributed by atoms with Gasteiger partial charge in [0.1, 0.15) is 0 Å². The van der Waals surface area contributed by atoms with E-state index in [0.29, 0.717) is 12.0 Å². The molecule has 0 aromatic carbocycles. The number of rotatable bonds is 7. The molecule has 0 spiro atoms. The normalized spacial score (nSPS) is 17.6. The molecule has 0 atom stereocenters. The highest BCUT2D eigenvalue weighted by molar-refractivity contribution is 5.04. The first-order valence-electron chi connectivity index (χ1n) is 6.11. The first-order valence-corrected chi connectivity index (χ1v) is 6.11. The van der Waals surface area contributed by atoms with E-state index < -0.39 is 0 Å². The van der Waals surface area contributed by atoms with Crippen LogP contribution in [0.4, 0.5) is 0 Å². The maximum absolute atomic E-state index is 8.95. The Morgan fingerprint density at radius 3 is 2.94 bits per heavy atom. The number of aliphatic hydroxyl groups is 1. The highest BCUT2D eigenvalue weighted by atomic mass is 16.3. The number of nitrogens with zero attached hydrogens (tertiary/aromatic N) is 2. The van der Waals surface area contributed by atoms with E-state index >= 15 is 0 Å². The minimum Gasteiger partial charge on any atom is -0.396 e. The van der Waals surface area contributed by atoms with Crippen LogP contribution in [0.25, 0.3) is 0 Å². The molecule has 1 aromatic rings. The Kier molecular flexibility index (Phi) is 3.61. The van der Waals surface area contributed by atoms with Gasteiger partial charge in [0, 0.05) is 38.0 Å².